The summed E-state index contributed by atoms with van der Waals surface area (Å²) in [4.78, 5) is 40.7. The van der Waals surface area contributed by atoms with E-state index in [1.54, 1.807) is 40.0 Å². The van der Waals surface area contributed by atoms with Crippen molar-refractivity contribution in [3.8, 4) is 0 Å². The normalized spacial score (nSPS) is 22.2. The van der Waals surface area contributed by atoms with Crippen LogP contribution in [0, 0.1) is 0 Å². The molecule has 59 heavy (non-hydrogen) atoms. The van der Waals surface area contributed by atoms with E-state index in [4.69, 9.17) is 49.8 Å². The van der Waals surface area contributed by atoms with E-state index in [2.05, 4.69) is 5.32 Å². The van der Waals surface area contributed by atoms with Crippen LogP contribution in [-0.4, -0.2) is 107 Å². The molecule has 0 aliphatic carbocycles. The van der Waals surface area contributed by atoms with E-state index in [9.17, 15) is 19.4 Å². The van der Waals surface area contributed by atoms with E-state index in [0.29, 0.717) is 47.8 Å². The molecule has 6 N–H and O–H groups in total. The number of esters is 1. The fourth-order valence-electron chi connectivity index (χ4n) is 7.96. The van der Waals surface area contributed by atoms with Gasteiger partial charge in [0.15, 0.2) is 11.6 Å². The predicted octanol–water partition coefficient (Wildman–Crippen LogP) is 1.84. The van der Waals surface area contributed by atoms with Crippen LogP contribution in [0.2, 0.25) is 0 Å². The summed E-state index contributed by atoms with van der Waals surface area (Å²) in [6, 6.07) is 9.62. The molecule has 3 fully saturated rings. The maximum absolute atomic E-state index is 13.1. The number of amides is 2. The minimum Gasteiger partial charge on any atom is -0.465 e. The highest BCUT2D eigenvalue weighted by Crippen LogP contribution is 2.39. The second kappa shape index (κ2) is 15.7. The maximum atomic E-state index is 13.1. The number of carbonyl (C=O) groups is 3. The molecular weight excluding hydrogens is 762 g/mol. The van der Waals surface area contributed by atoms with E-state index in [-0.39, 0.29) is 48.4 Å². The zero-order valence-corrected chi connectivity index (χ0v) is 33.7. The van der Waals surface area contributed by atoms with E-state index in [1.807, 2.05) is 50.8 Å². The van der Waals surface area contributed by atoms with E-state index >= 15 is 0 Å². The SMILES string of the molecule is COC(=O)c1ccc(Nc2nn(C3COCC(N(c4ccc5c(c4)B(O)OC5)c4nn(C5CCCOC5)cc4C(N)=O)C3)cc2C(N)=O)cc1B1OC(C)(C)C(C)(C)O1. The van der Waals surface area contributed by atoms with Crippen LogP contribution in [0.4, 0.5) is 23.0 Å². The monoisotopic (exact) mass is 810 g/mol. The average Bonchev–Trinajstić information content (AvgIpc) is 3.99. The maximum Gasteiger partial charge on any atom is 0.495 e. The van der Waals surface area contributed by atoms with Gasteiger partial charge in [-0.1, -0.05) is 6.07 Å². The number of nitrogens with one attached hydrogen (secondary N) is 1. The summed E-state index contributed by atoms with van der Waals surface area (Å²) < 4.78 is 38.5. The lowest BCUT2D eigenvalue weighted by molar-refractivity contribution is 0.00578. The zero-order valence-electron chi connectivity index (χ0n) is 33.7. The van der Waals surface area contributed by atoms with Crippen molar-refractivity contribution >= 4 is 66.0 Å². The van der Waals surface area contributed by atoms with Crippen molar-refractivity contribution in [3.63, 3.8) is 0 Å². The zero-order chi connectivity index (χ0) is 41.8. The molecule has 6 heterocycles. The number of nitrogens with two attached hydrogens (primary N) is 2. The van der Waals surface area contributed by atoms with Gasteiger partial charge in [0.2, 0.25) is 0 Å². The third kappa shape index (κ3) is 7.71. The molecule has 4 aromatic rings. The van der Waals surface area contributed by atoms with E-state index in [1.165, 1.54) is 7.11 Å². The first-order valence-corrected chi connectivity index (χ1v) is 19.6. The summed E-state index contributed by atoms with van der Waals surface area (Å²) in [5.41, 5.74) is 14.2. The number of anilines is 4. The third-order valence-electron chi connectivity index (χ3n) is 11.9. The molecular formula is C39H48B2N8O10. The Kier molecular flexibility index (Phi) is 10.8. The Bertz CT molecular complexity index is 2260. The average molecular weight is 810 g/mol. The smallest absolute Gasteiger partial charge is 0.465 e. The van der Waals surface area contributed by atoms with Crippen LogP contribution in [0.5, 0.6) is 0 Å². The topological polar surface area (TPSA) is 230 Å². The highest BCUT2D eigenvalue weighted by Gasteiger charge is 2.52. The second-order valence-electron chi connectivity index (χ2n) is 16.3. The molecule has 2 aromatic heterocycles. The van der Waals surface area contributed by atoms with Crippen LogP contribution < -0.4 is 32.6 Å². The van der Waals surface area contributed by atoms with Crippen LogP contribution in [-0.2, 0) is 34.8 Å². The molecule has 0 spiro atoms. The third-order valence-corrected chi connectivity index (χ3v) is 11.9. The van der Waals surface area contributed by atoms with Gasteiger partial charge in [-0.15, -0.1) is 0 Å². The predicted molar refractivity (Wildman–Crippen MR) is 217 cm³/mol. The Labute approximate surface area is 341 Å². The van der Waals surface area contributed by atoms with Gasteiger partial charge in [0.1, 0.15) is 11.1 Å². The van der Waals surface area contributed by atoms with Gasteiger partial charge in [-0.05, 0) is 93.8 Å². The first kappa shape index (κ1) is 40.5. The molecule has 18 nitrogen and oxygen atoms in total. The summed E-state index contributed by atoms with van der Waals surface area (Å²) in [6.45, 7) is 9.52. The van der Waals surface area contributed by atoms with Gasteiger partial charge in [0.05, 0.1) is 68.4 Å². The van der Waals surface area contributed by atoms with Crippen molar-refractivity contribution < 1.29 is 47.6 Å². The summed E-state index contributed by atoms with van der Waals surface area (Å²) >= 11 is 0. The second-order valence-corrected chi connectivity index (χ2v) is 16.3. The molecule has 0 saturated carbocycles. The van der Waals surface area contributed by atoms with E-state index in [0.717, 1.165) is 18.4 Å². The molecule has 4 aliphatic rings. The molecule has 3 saturated heterocycles. The number of methoxy groups -OCH3 is 1. The fraction of sp³-hybridized carbons (Fsp3) is 0.462. The minimum atomic E-state index is -1.11. The minimum absolute atomic E-state index is 0.0880. The molecule has 8 rings (SSSR count). The van der Waals surface area contributed by atoms with E-state index < -0.39 is 55.3 Å². The molecule has 0 bridgehead atoms. The molecule has 2 amide bonds. The van der Waals surface area contributed by atoms with Crippen LogP contribution in [0.15, 0.2) is 48.8 Å². The van der Waals surface area contributed by atoms with Crippen LogP contribution in [0.1, 0.15) is 95.7 Å². The summed E-state index contributed by atoms with van der Waals surface area (Å²) in [5.74, 6) is -1.42. The Morgan fingerprint density at radius 1 is 0.898 bits per heavy atom. The number of benzene rings is 2. The van der Waals surface area contributed by atoms with Gasteiger partial charge in [-0.3, -0.25) is 19.0 Å². The highest BCUT2D eigenvalue weighted by atomic mass is 16.7. The summed E-state index contributed by atoms with van der Waals surface area (Å²) in [7, 11) is -0.697. The number of ether oxygens (including phenoxy) is 3. The number of hydrogen-bond acceptors (Lipinski definition) is 14. The van der Waals surface area contributed by atoms with Gasteiger partial charge in [-0.25, -0.2) is 4.79 Å². The fourth-order valence-corrected chi connectivity index (χ4v) is 7.96. The summed E-state index contributed by atoms with van der Waals surface area (Å²) in [5, 5.41) is 23.6. The highest BCUT2D eigenvalue weighted by molar-refractivity contribution is 6.64. The number of hydrogen-bond donors (Lipinski definition) is 4. The van der Waals surface area contributed by atoms with Gasteiger partial charge in [0, 0.05) is 30.4 Å². The number of nitrogens with zero attached hydrogens (tertiary/aromatic N) is 5. The Balaban J connectivity index is 1.12. The largest absolute Gasteiger partial charge is 0.495 e. The number of rotatable bonds is 11. The van der Waals surface area contributed by atoms with Gasteiger partial charge in [0.25, 0.3) is 11.8 Å². The number of carbonyl (C=O) groups excluding carboxylic acids is 3. The van der Waals surface area contributed by atoms with Gasteiger partial charge < -0.3 is 54.9 Å². The number of fused-ring (bicyclic) bond motifs is 1. The number of aromatic nitrogens is 4. The first-order valence-electron chi connectivity index (χ1n) is 19.6. The van der Waals surface area contributed by atoms with Crippen molar-refractivity contribution in [1.29, 1.82) is 0 Å². The van der Waals surface area contributed by atoms with Crippen molar-refractivity contribution in [2.45, 2.75) is 82.9 Å². The standard InChI is InChI=1S/C39H48B2N8O10/c1-38(2)39(3,4)59-41(58-38)32-13-23(9-11-28(32)37(52)54-5)44-35-29(33(42)50)16-48(45-35)26-14-27(21-56-20-26)49(24-10-8-22-18-57-40(53)31(22)15-24)36-30(34(43)51)17-47(46-36)25-7-6-12-55-19-25/h8-11,13,15-17,25-27,53H,6-7,12,14,18-21H2,1-5H3,(H2,42,50)(H2,43,51)(H,44,45). The van der Waals surface area contributed by atoms with Crippen molar-refractivity contribution in [2.24, 2.45) is 11.5 Å². The van der Waals surface area contributed by atoms with Crippen molar-refractivity contribution in [2.75, 3.05) is 43.8 Å². The molecule has 3 unspecified atom stereocenters. The van der Waals surface area contributed by atoms with Crippen LogP contribution in [0.25, 0.3) is 0 Å². The lowest BCUT2D eigenvalue weighted by Gasteiger charge is -2.38. The summed E-state index contributed by atoms with van der Waals surface area (Å²) in [6.07, 6.45) is 5.33. The lowest BCUT2D eigenvalue weighted by atomic mass is 9.75. The quantitative estimate of drug-likeness (QED) is 0.125. The number of primary amides is 2. The van der Waals surface area contributed by atoms with Crippen molar-refractivity contribution in [3.05, 3.63) is 71.0 Å². The molecule has 2 aromatic carbocycles. The van der Waals surface area contributed by atoms with Crippen molar-refractivity contribution in [1.82, 2.24) is 19.6 Å². The van der Waals surface area contributed by atoms with Crippen LogP contribution in [0.3, 0.4) is 0 Å². The lowest BCUT2D eigenvalue weighted by Crippen LogP contribution is -2.43. The molecule has 3 atom stereocenters. The van der Waals surface area contributed by atoms with Gasteiger partial charge >= 0.3 is 20.2 Å². The molecule has 4 aliphatic heterocycles. The molecule has 310 valence electrons. The molecule has 0 radical (unpaired) electrons. The Hall–Kier alpha value is -5.24. The molecule has 20 heteroatoms. The first-order chi connectivity index (χ1) is 28.1. The Morgan fingerprint density at radius 3 is 2.31 bits per heavy atom. The van der Waals surface area contributed by atoms with Crippen LogP contribution >= 0.6 is 0 Å². The van der Waals surface area contributed by atoms with Gasteiger partial charge in [-0.2, -0.15) is 10.2 Å². The Morgan fingerprint density at radius 2 is 1.61 bits per heavy atom.